The highest BCUT2D eigenvalue weighted by molar-refractivity contribution is 6.39. The average Bonchev–Trinajstić information content (AvgIpc) is 3.30. The predicted octanol–water partition coefficient (Wildman–Crippen LogP) is 2.21. The zero-order valence-corrected chi connectivity index (χ0v) is 14.7. The van der Waals surface area contributed by atoms with Crippen LogP contribution in [0.5, 0.6) is 0 Å². The third-order valence-corrected chi connectivity index (χ3v) is 5.39. The average molecular weight is 355 g/mol. The lowest BCUT2D eigenvalue weighted by Crippen LogP contribution is -2.67. The van der Waals surface area contributed by atoms with Crippen molar-refractivity contribution in [2.45, 2.75) is 32.4 Å². The molecule has 3 atom stereocenters. The third kappa shape index (κ3) is 2.78. The summed E-state index contributed by atoms with van der Waals surface area (Å²) in [6.45, 7) is 4.83. The molecule has 1 saturated heterocycles. The molecule has 2 N–H and O–H groups in total. The van der Waals surface area contributed by atoms with Gasteiger partial charge in [-0.2, -0.15) is 0 Å². The van der Waals surface area contributed by atoms with Crippen LogP contribution in [0.1, 0.15) is 20.3 Å². The minimum absolute atomic E-state index is 0.0492. The molecular formula is C19H21N3O4. The van der Waals surface area contributed by atoms with Crippen LogP contribution in [0.2, 0.25) is 0 Å². The van der Waals surface area contributed by atoms with Crippen LogP contribution in [0, 0.1) is 11.3 Å². The van der Waals surface area contributed by atoms with E-state index in [1.165, 1.54) is 6.26 Å². The Labute approximate surface area is 151 Å². The van der Waals surface area contributed by atoms with E-state index in [4.69, 9.17) is 9.15 Å². The van der Waals surface area contributed by atoms with Gasteiger partial charge in [-0.15, -0.1) is 0 Å². The van der Waals surface area contributed by atoms with Gasteiger partial charge in [0.1, 0.15) is 6.26 Å². The molecule has 1 aromatic carbocycles. The lowest BCUT2D eigenvalue weighted by atomic mass is 9.57. The highest BCUT2D eigenvalue weighted by Gasteiger charge is 2.60. The first kappa shape index (κ1) is 16.8. The molecule has 136 valence electrons. The van der Waals surface area contributed by atoms with Crippen molar-refractivity contribution in [1.29, 1.82) is 0 Å². The Morgan fingerprint density at radius 3 is 2.88 bits per heavy atom. The van der Waals surface area contributed by atoms with E-state index >= 15 is 0 Å². The third-order valence-electron chi connectivity index (χ3n) is 5.39. The van der Waals surface area contributed by atoms with E-state index in [9.17, 15) is 9.59 Å². The second-order valence-electron chi connectivity index (χ2n) is 7.39. The van der Waals surface area contributed by atoms with Gasteiger partial charge in [0.15, 0.2) is 0 Å². The van der Waals surface area contributed by atoms with Gasteiger partial charge in [0.25, 0.3) is 0 Å². The van der Waals surface area contributed by atoms with E-state index in [1.54, 1.807) is 24.4 Å². The van der Waals surface area contributed by atoms with Gasteiger partial charge in [-0.05, 0) is 24.6 Å². The van der Waals surface area contributed by atoms with Crippen LogP contribution in [-0.4, -0.2) is 35.6 Å². The number of hydrogen-bond acceptors (Lipinski definition) is 5. The van der Waals surface area contributed by atoms with E-state index in [0.717, 1.165) is 12.0 Å². The van der Waals surface area contributed by atoms with Crippen LogP contribution in [-0.2, 0) is 14.3 Å². The molecule has 2 amide bonds. The molecule has 7 heteroatoms. The summed E-state index contributed by atoms with van der Waals surface area (Å²) in [7, 11) is 0. The summed E-state index contributed by atoms with van der Waals surface area (Å²) >= 11 is 0. The van der Waals surface area contributed by atoms with Crippen LogP contribution in [0.25, 0.3) is 11.5 Å². The summed E-state index contributed by atoms with van der Waals surface area (Å²) in [5, 5.41) is 5.51. The van der Waals surface area contributed by atoms with E-state index < -0.39 is 11.8 Å². The van der Waals surface area contributed by atoms with Gasteiger partial charge < -0.3 is 19.8 Å². The maximum Gasteiger partial charge on any atom is 0.313 e. The molecule has 4 rings (SSSR count). The first-order valence-electron chi connectivity index (χ1n) is 8.70. The van der Waals surface area contributed by atoms with Crippen molar-refractivity contribution in [3.8, 4) is 11.5 Å². The lowest BCUT2D eigenvalue weighted by Gasteiger charge is -2.54. The highest BCUT2D eigenvalue weighted by Crippen LogP contribution is 2.52. The minimum Gasteiger partial charge on any atom is -0.445 e. The number of oxazole rings is 1. The number of amides is 2. The lowest BCUT2D eigenvalue weighted by molar-refractivity contribution is -0.145. The monoisotopic (exact) mass is 355 g/mol. The van der Waals surface area contributed by atoms with Crippen molar-refractivity contribution in [2.24, 2.45) is 11.3 Å². The number of rotatable bonds is 3. The number of nitrogens with zero attached hydrogens (tertiary/aromatic N) is 1. The minimum atomic E-state index is -0.687. The molecule has 2 heterocycles. The SMILES string of the molecule is CC1(C)C(NC(=O)C(=O)Nc2cccc(-c3ncco3)c2)C2CCOC21. The van der Waals surface area contributed by atoms with Crippen LogP contribution in [0.3, 0.4) is 0 Å². The van der Waals surface area contributed by atoms with Crippen molar-refractivity contribution >= 4 is 17.5 Å². The molecule has 2 fully saturated rings. The molecule has 1 aliphatic carbocycles. The molecular weight excluding hydrogens is 334 g/mol. The number of hydrogen-bond donors (Lipinski definition) is 2. The molecule has 0 spiro atoms. The summed E-state index contributed by atoms with van der Waals surface area (Å²) in [5.74, 6) is -0.577. The van der Waals surface area contributed by atoms with Crippen molar-refractivity contribution in [2.75, 3.05) is 11.9 Å². The van der Waals surface area contributed by atoms with Crippen molar-refractivity contribution in [3.63, 3.8) is 0 Å². The normalized spacial score (nSPS) is 25.8. The van der Waals surface area contributed by atoms with Gasteiger partial charge in [0.2, 0.25) is 5.89 Å². The Kier molecular flexibility index (Phi) is 4.03. The smallest absolute Gasteiger partial charge is 0.313 e. The zero-order valence-electron chi connectivity index (χ0n) is 14.7. The maximum absolute atomic E-state index is 12.3. The Morgan fingerprint density at radius 1 is 1.27 bits per heavy atom. The largest absolute Gasteiger partial charge is 0.445 e. The Balaban J connectivity index is 1.41. The fraction of sp³-hybridized carbons (Fsp3) is 0.421. The molecule has 2 aliphatic rings. The number of carbonyl (C=O) groups excluding carboxylic acids is 2. The number of carbonyl (C=O) groups is 2. The summed E-state index contributed by atoms with van der Waals surface area (Å²) in [4.78, 5) is 28.7. The van der Waals surface area contributed by atoms with Crippen molar-refractivity contribution in [1.82, 2.24) is 10.3 Å². The predicted molar refractivity (Wildman–Crippen MR) is 94.1 cm³/mol. The molecule has 26 heavy (non-hydrogen) atoms. The zero-order chi connectivity index (χ0) is 18.3. The van der Waals surface area contributed by atoms with Gasteiger partial charge in [-0.25, -0.2) is 4.98 Å². The second-order valence-corrected chi connectivity index (χ2v) is 7.39. The van der Waals surface area contributed by atoms with Gasteiger partial charge >= 0.3 is 11.8 Å². The molecule has 0 bridgehead atoms. The molecule has 3 unspecified atom stereocenters. The topological polar surface area (TPSA) is 93.5 Å². The first-order chi connectivity index (χ1) is 12.5. The standard InChI is InChI=1S/C19H21N3O4/c1-19(2)14(13-6-8-25-15(13)19)22-17(24)16(23)21-12-5-3-4-11(10-12)18-20-7-9-26-18/h3-5,7,9-10,13-15H,6,8H2,1-2H3,(H,21,23)(H,22,24). The summed E-state index contributed by atoms with van der Waals surface area (Å²) < 4.78 is 11.0. The van der Waals surface area contributed by atoms with Crippen LogP contribution >= 0.6 is 0 Å². The van der Waals surface area contributed by atoms with Gasteiger partial charge in [-0.3, -0.25) is 9.59 Å². The number of nitrogens with one attached hydrogen (secondary N) is 2. The van der Waals surface area contributed by atoms with Crippen LogP contribution in [0.4, 0.5) is 5.69 Å². The number of benzene rings is 1. The molecule has 7 nitrogen and oxygen atoms in total. The van der Waals surface area contributed by atoms with Gasteiger partial charge in [0.05, 0.1) is 12.3 Å². The van der Waals surface area contributed by atoms with Gasteiger partial charge in [-0.1, -0.05) is 19.9 Å². The quantitative estimate of drug-likeness (QED) is 0.824. The molecule has 1 aliphatic heterocycles. The summed E-state index contributed by atoms with van der Waals surface area (Å²) in [6, 6.07) is 6.96. The summed E-state index contributed by atoms with van der Waals surface area (Å²) in [5.41, 5.74) is 1.07. The number of anilines is 1. The van der Waals surface area contributed by atoms with Crippen LogP contribution < -0.4 is 10.6 Å². The number of ether oxygens (including phenoxy) is 1. The van der Waals surface area contributed by atoms with Crippen LogP contribution in [0.15, 0.2) is 41.1 Å². The molecule has 1 aromatic heterocycles. The van der Waals surface area contributed by atoms with E-state index in [2.05, 4.69) is 29.5 Å². The first-order valence-corrected chi connectivity index (χ1v) is 8.70. The Hall–Kier alpha value is -2.67. The number of fused-ring (bicyclic) bond motifs is 1. The van der Waals surface area contributed by atoms with E-state index in [-0.39, 0.29) is 23.5 Å². The second kappa shape index (κ2) is 6.25. The van der Waals surface area contributed by atoms with E-state index in [0.29, 0.717) is 18.2 Å². The molecule has 1 saturated carbocycles. The number of aromatic nitrogens is 1. The van der Waals surface area contributed by atoms with Crippen molar-refractivity contribution < 1.29 is 18.7 Å². The summed E-state index contributed by atoms with van der Waals surface area (Å²) in [6.07, 6.45) is 4.11. The van der Waals surface area contributed by atoms with E-state index in [1.807, 2.05) is 6.07 Å². The highest BCUT2D eigenvalue weighted by atomic mass is 16.5. The van der Waals surface area contributed by atoms with Crippen molar-refractivity contribution in [3.05, 3.63) is 36.7 Å². The Bertz CT molecular complexity index is 831. The fourth-order valence-electron chi connectivity index (χ4n) is 4.11. The van der Waals surface area contributed by atoms with Gasteiger partial charge in [0, 0.05) is 35.2 Å². The molecule has 2 aromatic rings. The Morgan fingerprint density at radius 2 is 2.12 bits per heavy atom. The fourth-order valence-corrected chi connectivity index (χ4v) is 4.11. The molecule has 0 radical (unpaired) electrons. The maximum atomic E-state index is 12.3.